The monoisotopic (exact) mass is 309 g/mol. The van der Waals surface area contributed by atoms with E-state index in [4.69, 9.17) is 14.7 Å². The lowest BCUT2D eigenvalue weighted by atomic mass is 10.1. The highest BCUT2D eigenvalue weighted by atomic mass is 16.5. The quantitative estimate of drug-likeness (QED) is 0.761. The summed E-state index contributed by atoms with van der Waals surface area (Å²) in [5, 5.41) is 8.85. The molecule has 23 heavy (non-hydrogen) atoms. The number of hydrogen-bond acceptors (Lipinski definition) is 4. The van der Waals surface area contributed by atoms with E-state index in [9.17, 15) is 4.79 Å². The van der Waals surface area contributed by atoms with Crippen LogP contribution in [-0.2, 0) is 22.7 Å². The Bertz CT molecular complexity index is 699. The van der Waals surface area contributed by atoms with Gasteiger partial charge in [-0.15, -0.1) is 0 Å². The summed E-state index contributed by atoms with van der Waals surface area (Å²) < 4.78 is 10.8. The fourth-order valence-electron chi connectivity index (χ4n) is 1.96. The van der Waals surface area contributed by atoms with Gasteiger partial charge in [0.1, 0.15) is 6.61 Å². The number of carbonyl (C=O) groups excluding carboxylic acids is 1. The molecule has 4 nitrogen and oxygen atoms in total. The highest BCUT2D eigenvalue weighted by molar-refractivity contribution is 5.89. The Morgan fingerprint density at radius 1 is 1.09 bits per heavy atom. The fourth-order valence-corrected chi connectivity index (χ4v) is 1.96. The zero-order valence-corrected chi connectivity index (χ0v) is 13.3. The molecule has 118 valence electrons. The first-order valence-electron chi connectivity index (χ1n) is 7.45. The van der Waals surface area contributed by atoms with Crippen LogP contribution >= 0.6 is 0 Å². The Labute approximate surface area is 136 Å². The van der Waals surface area contributed by atoms with E-state index in [1.807, 2.05) is 32.0 Å². The van der Waals surface area contributed by atoms with Gasteiger partial charge in [0.2, 0.25) is 0 Å². The second-order valence-corrected chi connectivity index (χ2v) is 5.44. The Kier molecular flexibility index (Phi) is 5.90. The minimum Gasteiger partial charge on any atom is -0.457 e. The minimum atomic E-state index is -0.385. The molecule has 0 fully saturated rings. The second-order valence-electron chi connectivity index (χ2n) is 5.44. The van der Waals surface area contributed by atoms with Gasteiger partial charge in [0.05, 0.1) is 29.9 Å². The molecule has 0 heterocycles. The molecular weight excluding hydrogens is 290 g/mol. The van der Waals surface area contributed by atoms with Crippen molar-refractivity contribution in [3.05, 3.63) is 70.8 Å². The van der Waals surface area contributed by atoms with E-state index < -0.39 is 0 Å². The van der Waals surface area contributed by atoms with Gasteiger partial charge in [-0.25, -0.2) is 4.79 Å². The van der Waals surface area contributed by atoms with Gasteiger partial charge >= 0.3 is 5.97 Å². The third-order valence-corrected chi connectivity index (χ3v) is 3.20. The Hall–Kier alpha value is -2.64. The number of nitrogens with zero attached hydrogens (tertiary/aromatic N) is 1. The second kappa shape index (κ2) is 8.11. The molecule has 0 amide bonds. The molecule has 2 aromatic carbocycles. The highest BCUT2D eigenvalue weighted by Gasteiger charge is 2.08. The van der Waals surface area contributed by atoms with E-state index in [0.717, 1.165) is 11.1 Å². The molecule has 0 aliphatic rings. The lowest BCUT2D eigenvalue weighted by molar-refractivity contribution is 0.0472. The van der Waals surface area contributed by atoms with Gasteiger partial charge in [-0.3, -0.25) is 0 Å². The molecule has 0 aliphatic heterocycles. The summed E-state index contributed by atoms with van der Waals surface area (Å²) in [6.45, 7) is 4.63. The lowest BCUT2D eigenvalue weighted by Crippen LogP contribution is -2.06. The van der Waals surface area contributed by atoms with Gasteiger partial charge < -0.3 is 9.47 Å². The molecule has 0 saturated heterocycles. The van der Waals surface area contributed by atoms with Crippen LogP contribution in [0.1, 0.15) is 40.9 Å². The van der Waals surface area contributed by atoms with Crippen LogP contribution in [0.4, 0.5) is 0 Å². The van der Waals surface area contributed by atoms with Crippen LogP contribution < -0.4 is 0 Å². The summed E-state index contributed by atoms with van der Waals surface area (Å²) >= 11 is 0. The van der Waals surface area contributed by atoms with Crippen LogP contribution in [0.25, 0.3) is 0 Å². The molecule has 4 heteroatoms. The van der Waals surface area contributed by atoms with Crippen molar-refractivity contribution in [3.63, 3.8) is 0 Å². The van der Waals surface area contributed by atoms with Crippen molar-refractivity contribution < 1.29 is 14.3 Å². The molecule has 0 saturated carbocycles. The van der Waals surface area contributed by atoms with Gasteiger partial charge in [0.25, 0.3) is 0 Å². The normalized spacial score (nSPS) is 10.3. The maximum atomic E-state index is 12.0. The predicted octanol–water partition coefficient (Wildman–Crippen LogP) is 3.84. The van der Waals surface area contributed by atoms with Gasteiger partial charge in [-0.1, -0.05) is 24.3 Å². The zero-order chi connectivity index (χ0) is 16.7. The number of benzene rings is 2. The third-order valence-electron chi connectivity index (χ3n) is 3.20. The SMILES string of the molecule is CC(C)OCc1ccc(C(=O)OCc2cccc(C#N)c2)cc1. The summed E-state index contributed by atoms with van der Waals surface area (Å²) in [5.74, 6) is -0.385. The maximum Gasteiger partial charge on any atom is 0.338 e. The van der Waals surface area contributed by atoms with Crippen LogP contribution in [0.5, 0.6) is 0 Å². The number of hydrogen-bond donors (Lipinski definition) is 0. The number of carbonyl (C=O) groups is 1. The first kappa shape index (κ1) is 16.7. The maximum absolute atomic E-state index is 12.0. The van der Waals surface area contributed by atoms with Crippen LogP contribution in [0.15, 0.2) is 48.5 Å². The highest BCUT2D eigenvalue weighted by Crippen LogP contribution is 2.11. The standard InChI is InChI=1S/C19H19NO3/c1-14(2)22-12-15-6-8-18(9-7-15)19(21)23-13-17-5-3-4-16(10-17)11-20/h3-10,14H,12-13H2,1-2H3. The summed E-state index contributed by atoms with van der Waals surface area (Å²) in [7, 11) is 0. The van der Waals surface area contributed by atoms with Crippen molar-refractivity contribution in [2.75, 3.05) is 0 Å². The Morgan fingerprint density at radius 2 is 1.83 bits per heavy atom. The van der Waals surface area contributed by atoms with E-state index >= 15 is 0 Å². The van der Waals surface area contributed by atoms with Crippen molar-refractivity contribution in [3.8, 4) is 6.07 Å². The molecule has 0 unspecified atom stereocenters. The van der Waals surface area contributed by atoms with Gasteiger partial charge in [0, 0.05) is 0 Å². The van der Waals surface area contributed by atoms with Crippen LogP contribution in [-0.4, -0.2) is 12.1 Å². The molecule has 2 aromatic rings. The summed E-state index contributed by atoms with van der Waals surface area (Å²) in [6, 6.07) is 16.2. The molecule has 0 aliphatic carbocycles. The topological polar surface area (TPSA) is 59.3 Å². The summed E-state index contributed by atoms with van der Waals surface area (Å²) in [4.78, 5) is 12.0. The largest absolute Gasteiger partial charge is 0.457 e. The molecular formula is C19H19NO3. The van der Waals surface area contributed by atoms with Crippen LogP contribution in [0.3, 0.4) is 0 Å². The van der Waals surface area contributed by atoms with Gasteiger partial charge in [0.15, 0.2) is 0 Å². The minimum absolute atomic E-state index is 0.145. The number of esters is 1. The van der Waals surface area contributed by atoms with E-state index in [2.05, 4.69) is 6.07 Å². The van der Waals surface area contributed by atoms with Crippen LogP contribution in [0.2, 0.25) is 0 Å². The first-order chi connectivity index (χ1) is 11.1. The Morgan fingerprint density at radius 3 is 2.48 bits per heavy atom. The zero-order valence-electron chi connectivity index (χ0n) is 13.3. The molecule has 0 bridgehead atoms. The average molecular weight is 309 g/mol. The smallest absolute Gasteiger partial charge is 0.338 e. The van der Waals surface area contributed by atoms with E-state index in [0.29, 0.717) is 17.7 Å². The van der Waals surface area contributed by atoms with Gasteiger partial charge in [-0.05, 0) is 49.2 Å². The van der Waals surface area contributed by atoms with E-state index in [1.54, 1.807) is 30.3 Å². The first-order valence-corrected chi connectivity index (χ1v) is 7.45. The van der Waals surface area contributed by atoms with Crippen molar-refractivity contribution in [1.82, 2.24) is 0 Å². The molecule has 0 N–H and O–H groups in total. The van der Waals surface area contributed by atoms with Crippen LogP contribution in [0, 0.1) is 11.3 Å². The summed E-state index contributed by atoms with van der Waals surface area (Å²) in [5.41, 5.74) is 2.85. The lowest BCUT2D eigenvalue weighted by Gasteiger charge is -2.08. The molecule has 2 rings (SSSR count). The summed E-state index contributed by atoms with van der Waals surface area (Å²) in [6.07, 6.45) is 0.170. The number of rotatable bonds is 6. The number of nitriles is 1. The molecule has 0 radical (unpaired) electrons. The van der Waals surface area contributed by atoms with Crippen molar-refractivity contribution in [2.24, 2.45) is 0 Å². The predicted molar refractivity (Wildman–Crippen MR) is 86.6 cm³/mol. The fraction of sp³-hybridized carbons (Fsp3) is 0.263. The van der Waals surface area contributed by atoms with E-state index in [1.165, 1.54) is 0 Å². The van der Waals surface area contributed by atoms with Crippen molar-refractivity contribution in [1.29, 1.82) is 5.26 Å². The molecule has 0 aromatic heterocycles. The van der Waals surface area contributed by atoms with Crippen molar-refractivity contribution in [2.45, 2.75) is 33.2 Å². The Balaban J connectivity index is 1.91. The molecule has 0 spiro atoms. The van der Waals surface area contributed by atoms with E-state index in [-0.39, 0.29) is 18.7 Å². The average Bonchev–Trinajstić information content (AvgIpc) is 2.58. The third kappa shape index (κ3) is 5.24. The molecule has 0 atom stereocenters. The van der Waals surface area contributed by atoms with Gasteiger partial charge in [-0.2, -0.15) is 5.26 Å². The number of ether oxygens (including phenoxy) is 2. The van der Waals surface area contributed by atoms with Crippen molar-refractivity contribution >= 4 is 5.97 Å².